The van der Waals surface area contributed by atoms with Gasteiger partial charge in [-0.2, -0.15) is 0 Å². The molecule has 4 heterocycles. The molecule has 2 aliphatic heterocycles. The SMILES string of the molecule is C[C@@H]1CN(Cc2ccc(-c3cc(C(N)=O)c4ncnc(N[C@H]5CCCN(C(=O)OC(C)(C)C)C5)c4n3)cc2)C[C@@H](C)O1. The molecule has 5 rings (SSSR count). The summed E-state index contributed by atoms with van der Waals surface area (Å²) in [6.45, 7) is 13.5. The second kappa shape index (κ2) is 12.2. The molecule has 0 bridgehead atoms. The van der Waals surface area contributed by atoms with Crippen LogP contribution in [0.3, 0.4) is 0 Å². The van der Waals surface area contributed by atoms with Crippen molar-refractivity contribution in [1.29, 1.82) is 0 Å². The fourth-order valence-electron chi connectivity index (χ4n) is 5.71. The van der Waals surface area contributed by atoms with Crippen molar-refractivity contribution in [2.75, 3.05) is 31.5 Å². The number of nitrogens with one attached hydrogen (secondary N) is 1. The van der Waals surface area contributed by atoms with Crippen molar-refractivity contribution in [2.24, 2.45) is 5.73 Å². The van der Waals surface area contributed by atoms with Gasteiger partial charge in [0.2, 0.25) is 0 Å². The second-order valence-electron chi connectivity index (χ2n) is 12.4. The lowest BCUT2D eigenvalue weighted by Gasteiger charge is -2.35. The number of ether oxygens (including phenoxy) is 2. The van der Waals surface area contributed by atoms with E-state index in [0.29, 0.717) is 35.6 Å². The highest BCUT2D eigenvalue weighted by molar-refractivity contribution is 6.06. The minimum Gasteiger partial charge on any atom is -0.444 e. The second-order valence-corrected chi connectivity index (χ2v) is 12.4. The number of carbonyl (C=O) groups is 2. The van der Waals surface area contributed by atoms with Crippen LogP contribution in [0.2, 0.25) is 0 Å². The van der Waals surface area contributed by atoms with Crippen LogP contribution >= 0.6 is 0 Å². The first-order valence-electron chi connectivity index (χ1n) is 14.6. The van der Waals surface area contributed by atoms with Gasteiger partial charge in [0.05, 0.1) is 23.5 Å². The first kappa shape index (κ1) is 29.7. The van der Waals surface area contributed by atoms with E-state index in [4.69, 9.17) is 20.2 Å². The largest absolute Gasteiger partial charge is 0.444 e. The van der Waals surface area contributed by atoms with Crippen LogP contribution in [-0.4, -0.2) is 86.8 Å². The summed E-state index contributed by atoms with van der Waals surface area (Å²) in [6, 6.07) is 9.81. The highest BCUT2D eigenvalue weighted by atomic mass is 16.6. The van der Waals surface area contributed by atoms with Crippen LogP contribution in [0.25, 0.3) is 22.3 Å². The molecule has 3 N–H and O–H groups in total. The van der Waals surface area contributed by atoms with Gasteiger partial charge in [0.1, 0.15) is 23.0 Å². The standard InChI is InChI=1S/C31H41N7O4/c1-19-14-37(15-20(2)41-19)16-21-8-10-22(11-9-21)25-13-24(28(32)39)26-27(36-25)29(34-18-33-26)35-23-7-6-12-38(17-23)30(40)42-31(3,4)5/h8-11,13,18-20,23H,6-7,12,14-17H2,1-5H3,(H2,32,39)(H,33,34,35)/t19-,20-,23+/m1/s1. The summed E-state index contributed by atoms with van der Waals surface area (Å²) in [6.07, 6.45) is 3.14. The van der Waals surface area contributed by atoms with Crippen LogP contribution in [0.4, 0.5) is 10.6 Å². The van der Waals surface area contributed by atoms with Crippen LogP contribution < -0.4 is 11.1 Å². The van der Waals surface area contributed by atoms with Crippen molar-refractivity contribution < 1.29 is 19.1 Å². The molecule has 2 amide bonds. The van der Waals surface area contributed by atoms with Gasteiger partial charge in [-0.25, -0.2) is 19.7 Å². The van der Waals surface area contributed by atoms with E-state index in [1.165, 1.54) is 11.9 Å². The Morgan fingerprint density at radius 1 is 1.07 bits per heavy atom. The Balaban J connectivity index is 1.39. The number of hydrogen-bond acceptors (Lipinski definition) is 9. The van der Waals surface area contributed by atoms with Gasteiger partial charge in [0.15, 0.2) is 5.82 Å². The molecule has 11 nitrogen and oxygen atoms in total. The Morgan fingerprint density at radius 2 is 1.79 bits per heavy atom. The third kappa shape index (κ3) is 7.14. The lowest BCUT2D eigenvalue weighted by atomic mass is 10.0. The summed E-state index contributed by atoms with van der Waals surface area (Å²) >= 11 is 0. The molecule has 224 valence electrons. The number of primary amides is 1. The third-order valence-electron chi connectivity index (χ3n) is 7.42. The number of nitrogens with zero attached hydrogens (tertiary/aromatic N) is 5. The first-order valence-corrected chi connectivity index (χ1v) is 14.6. The van der Waals surface area contributed by atoms with Gasteiger partial charge in [0.25, 0.3) is 5.91 Å². The van der Waals surface area contributed by atoms with Gasteiger partial charge >= 0.3 is 6.09 Å². The predicted octanol–water partition coefficient (Wildman–Crippen LogP) is 4.21. The van der Waals surface area contributed by atoms with E-state index in [1.807, 2.05) is 32.9 Å². The molecule has 3 aromatic rings. The molecule has 42 heavy (non-hydrogen) atoms. The third-order valence-corrected chi connectivity index (χ3v) is 7.42. The van der Waals surface area contributed by atoms with Crippen molar-refractivity contribution in [3.63, 3.8) is 0 Å². The maximum absolute atomic E-state index is 12.7. The van der Waals surface area contributed by atoms with Crippen LogP contribution in [-0.2, 0) is 16.0 Å². The zero-order valence-electron chi connectivity index (χ0n) is 25.1. The molecule has 0 saturated carbocycles. The smallest absolute Gasteiger partial charge is 0.410 e. The highest BCUT2D eigenvalue weighted by Gasteiger charge is 2.29. The predicted molar refractivity (Wildman–Crippen MR) is 161 cm³/mol. The molecule has 1 aromatic carbocycles. The maximum atomic E-state index is 12.7. The van der Waals surface area contributed by atoms with E-state index >= 15 is 0 Å². The van der Waals surface area contributed by atoms with Crippen LogP contribution in [0.15, 0.2) is 36.7 Å². The minimum absolute atomic E-state index is 0.0724. The number of piperidine rings is 1. The molecule has 0 radical (unpaired) electrons. The van der Waals surface area contributed by atoms with E-state index in [0.717, 1.165) is 38.0 Å². The number of aromatic nitrogens is 3. The number of hydrogen-bond donors (Lipinski definition) is 2. The van der Waals surface area contributed by atoms with Gasteiger partial charge < -0.3 is 25.4 Å². The fraction of sp³-hybridized carbons (Fsp3) is 0.516. The molecular formula is C31H41N7O4. The average Bonchev–Trinajstić information content (AvgIpc) is 2.92. The lowest BCUT2D eigenvalue weighted by Crippen LogP contribution is -2.47. The summed E-state index contributed by atoms with van der Waals surface area (Å²) in [7, 11) is 0. The Kier molecular flexibility index (Phi) is 8.60. The van der Waals surface area contributed by atoms with Gasteiger partial charge in [0, 0.05) is 44.3 Å². The van der Waals surface area contributed by atoms with Gasteiger partial charge in [-0.3, -0.25) is 9.69 Å². The van der Waals surface area contributed by atoms with Crippen molar-refractivity contribution in [3.8, 4) is 11.3 Å². The van der Waals surface area contributed by atoms with E-state index in [-0.39, 0.29) is 29.9 Å². The Hall–Kier alpha value is -3.83. The number of fused-ring (bicyclic) bond motifs is 1. The normalized spacial score (nSPS) is 21.7. The number of amides is 2. The zero-order valence-corrected chi connectivity index (χ0v) is 25.1. The van der Waals surface area contributed by atoms with E-state index in [1.54, 1.807) is 11.0 Å². The van der Waals surface area contributed by atoms with Crippen molar-refractivity contribution in [3.05, 3.63) is 47.8 Å². The summed E-state index contributed by atoms with van der Waals surface area (Å²) in [5.41, 5.74) is 9.00. The summed E-state index contributed by atoms with van der Waals surface area (Å²) in [4.78, 5) is 43.0. The van der Waals surface area contributed by atoms with Gasteiger partial charge in [-0.1, -0.05) is 24.3 Å². The zero-order chi connectivity index (χ0) is 30.0. The van der Waals surface area contributed by atoms with E-state index < -0.39 is 11.5 Å². The molecule has 0 unspecified atom stereocenters. The molecule has 2 fully saturated rings. The topological polar surface area (TPSA) is 136 Å². The average molecular weight is 576 g/mol. The van der Waals surface area contributed by atoms with Crippen LogP contribution in [0.5, 0.6) is 0 Å². The van der Waals surface area contributed by atoms with Crippen molar-refractivity contribution >= 4 is 28.9 Å². The molecule has 2 saturated heterocycles. The number of morpholine rings is 1. The first-order chi connectivity index (χ1) is 19.9. The fourth-order valence-corrected chi connectivity index (χ4v) is 5.71. The monoisotopic (exact) mass is 575 g/mol. The maximum Gasteiger partial charge on any atom is 0.410 e. The number of carbonyl (C=O) groups excluding carboxylic acids is 2. The Morgan fingerprint density at radius 3 is 2.45 bits per heavy atom. The summed E-state index contributed by atoms with van der Waals surface area (Å²) < 4.78 is 11.4. The summed E-state index contributed by atoms with van der Waals surface area (Å²) in [5.74, 6) is -0.0955. The number of pyridine rings is 1. The van der Waals surface area contributed by atoms with E-state index in [2.05, 4.69) is 46.2 Å². The molecule has 0 spiro atoms. The Bertz CT molecular complexity index is 1430. The Labute approximate surface area is 246 Å². The molecule has 2 aromatic heterocycles. The highest BCUT2D eigenvalue weighted by Crippen LogP contribution is 2.28. The van der Waals surface area contributed by atoms with Crippen molar-refractivity contribution in [2.45, 2.75) is 77.9 Å². The van der Waals surface area contributed by atoms with E-state index in [9.17, 15) is 9.59 Å². The number of benzene rings is 1. The van der Waals surface area contributed by atoms with Gasteiger partial charge in [-0.15, -0.1) is 0 Å². The molecule has 0 aliphatic carbocycles. The molecule has 11 heteroatoms. The minimum atomic E-state index is -0.589. The van der Waals surface area contributed by atoms with Crippen LogP contribution in [0.1, 0.15) is 63.4 Å². The summed E-state index contributed by atoms with van der Waals surface area (Å²) in [5, 5.41) is 3.45. The number of anilines is 1. The van der Waals surface area contributed by atoms with Crippen LogP contribution in [0, 0.1) is 0 Å². The number of nitrogens with two attached hydrogens (primary N) is 1. The molecule has 2 aliphatic rings. The lowest BCUT2D eigenvalue weighted by molar-refractivity contribution is -0.0704. The number of likely N-dealkylation sites (tertiary alicyclic amines) is 1. The molecule has 3 atom stereocenters. The number of rotatable bonds is 6. The molecular weight excluding hydrogens is 534 g/mol. The van der Waals surface area contributed by atoms with Gasteiger partial charge in [-0.05, 0) is 59.1 Å². The quantitative estimate of drug-likeness (QED) is 0.443. The van der Waals surface area contributed by atoms with Crippen molar-refractivity contribution in [1.82, 2.24) is 24.8 Å².